The quantitative estimate of drug-likeness (QED) is 0.743. The monoisotopic (exact) mass is 297 g/mol. The molecule has 2 N–H and O–H groups in total. The molecule has 0 aliphatic heterocycles. The highest BCUT2D eigenvalue weighted by molar-refractivity contribution is 6.31. The first-order chi connectivity index (χ1) is 10.3. The number of H-pyrrole nitrogens is 1. The molecule has 1 aromatic heterocycles. The van der Waals surface area contributed by atoms with Crippen LogP contribution < -0.4 is 5.32 Å². The maximum Gasteiger partial charge on any atom is 0.0881 e. The first kappa shape index (κ1) is 12.7. The second kappa shape index (κ2) is 5.08. The number of hydrogen-bond donors (Lipinski definition) is 2. The molecule has 0 unspecified atom stereocenters. The lowest BCUT2D eigenvalue weighted by Gasteiger charge is -2.37. The first-order valence-corrected chi connectivity index (χ1v) is 7.62. The molecule has 1 saturated carbocycles. The average Bonchev–Trinajstić information content (AvgIpc) is 2.93. The zero-order chi connectivity index (χ0) is 14.2. The van der Waals surface area contributed by atoms with Crippen molar-refractivity contribution in [3.8, 4) is 0 Å². The molecular formula is C17H16ClN3. The van der Waals surface area contributed by atoms with E-state index in [4.69, 9.17) is 11.6 Å². The van der Waals surface area contributed by atoms with Gasteiger partial charge < -0.3 is 5.32 Å². The van der Waals surface area contributed by atoms with Crippen molar-refractivity contribution in [3.05, 3.63) is 59.2 Å². The summed E-state index contributed by atoms with van der Waals surface area (Å²) in [6.07, 6.45) is 4.09. The molecule has 1 fully saturated rings. The fraction of sp³-hybridized carbons (Fsp3) is 0.235. The Kier molecular flexibility index (Phi) is 3.08. The zero-order valence-corrected chi connectivity index (χ0v) is 12.3. The van der Waals surface area contributed by atoms with Gasteiger partial charge in [0.1, 0.15) is 0 Å². The number of rotatable bonds is 3. The SMILES string of the molecule is Clc1ccccc1C1CC(Nc2cccc3cn[nH]c23)C1. The van der Waals surface area contributed by atoms with Crippen LogP contribution in [0.4, 0.5) is 5.69 Å². The summed E-state index contributed by atoms with van der Waals surface area (Å²) >= 11 is 6.27. The number of para-hydroxylation sites is 1. The van der Waals surface area contributed by atoms with Crippen LogP contribution in [0.3, 0.4) is 0 Å². The third-order valence-corrected chi connectivity index (χ3v) is 4.66. The molecule has 1 heterocycles. The molecule has 21 heavy (non-hydrogen) atoms. The highest BCUT2D eigenvalue weighted by Gasteiger charge is 2.31. The van der Waals surface area contributed by atoms with Gasteiger partial charge in [-0.15, -0.1) is 0 Å². The lowest BCUT2D eigenvalue weighted by atomic mass is 9.75. The van der Waals surface area contributed by atoms with E-state index in [1.165, 1.54) is 5.56 Å². The Balaban J connectivity index is 1.47. The molecule has 4 rings (SSSR count). The largest absolute Gasteiger partial charge is 0.381 e. The second-order valence-corrected chi connectivity index (χ2v) is 6.08. The van der Waals surface area contributed by atoms with Crippen LogP contribution in [-0.4, -0.2) is 16.2 Å². The second-order valence-electron chi connectivity index (χ2n) is 5.67. The number of halogens is 1. The standard InChI is InChI=1S/C17H16ClN3/c18-15-6-2-1-5-14(15)12-8-13(9-12)20-16-7-3-4-11-10-19-21-17(11)16/h1-7,10,12-13,20H,8-9H2,(H,19,21). The summed E-state index contributed by atoms with van der Waals surface area (Å²) in [5, 5.41) is 12.8. The van der Waals surface area contributed by atoms with Gasteiger partial charge in [-0.2, -0.15) is 5.10 Å². The van der Waals surface area contributed by atoms with Crippen molar-refractivity contribution in [2.24, 2.45) is 0 Å². The zero-order valence-electron chi connectivity index (χ0n) is 11.5. The Bertz CT molecular complexity index is 774. The van der Waals surface area contributed by atoms with Crippen molar-refractivity contribution >= 4 is 28.2 Å². The summed E-state index contributed by atoms with van der Waals surface area (Å²) in [6, 6.07) is 14.9. The molecule has 4 heteroatoms. The Hall–Kier alpha value is -2.00. The normalized spacial score (nSPS) is 21.2. The van der Waals surface area contributed by atoms with Crippen molar-refractivity contribution in [1.82, 2.24) is 10.2 Å². The van der Waals surface area contributed by atoms with Crippen LogP contribution in [0.5, 0.6) is 0 Å². The van der Waals surface area contributed by atoms with Crippen molar-refractivity contribution in [2.75, 3.05) is 5.32 Å². The number of anilines is 1. The third kappa shape index (κ3) is 2.28. The van der Waals surface area contributed by atoms with Gasteiger partial charge in [0, 0.05) is 16.5 Å². The van der Waals surface area contributed by atoms with E-state index in [1.54, 1.807) is 0 Å². The van der Waals surface area contributed by atoms with Crippen LogP contribution in [0.2, 0.25) is 5.02 Å². The highest BCUT2D eigenvalue weighted by Crippen LogP contribution is 2.41. The van der Waals surface area contributed by atoms with Gasteiger partial charge in [-0.1, -0.05) is 41.9 Å². The van der Waals surface area contributed by atoms with Crippen LogP contribution in [0.15, 0.2) is 48.7 Å². The van der Waals surface area contributed by atoms with Crippen molar-refractivity contribution < 1.29 is 0 Å². The molecule has 0 amide bonds. The number of fused-ring (bicyclic) bond motifs is 1. The Morgan fingerprint density at radius 2 is 1.95 bits per heavy atom. The minimum Gasteiger partial charge on any atom is -0.381 e. The van der Waals surface area contributed by atoms with E-state index in [1.807, 2.05) is 18.3 Å². The average molecular weight is 298 g/mol. The fourth-order valence-corrected chi connectivity index (χ4v) is 3.39. The number of nitrogens with zero attached hydrogens (tertiary/aromatic N) is 1. The molecule has 3 aromatic rings. The van der Waals surface area contributed by atoms with E-state index in [-0.39, 0.29) is 0 Å². The molecule has 3 nitrogen and oxygen atoms in total. The first-order valence-electron chi connectivity index (χ1n) is 7.24. The van der Waals surface area contributed by atoms with Crippen molar-refractivity contribution in [1.29, 1.82) is 0 Å². The summed E-state index contributed by atoms with van der Waals surface area (Å²) < 4.78 is 0. The van der Waals surface area contributed by atoms with E-state index in [0.717, 1.165) is 34.5 Å². The van der Waals surface area contributed by atoms with Gasteiger partial charge in [-0.3, -0.25) is 5.10 Å². The minimum atomic E-state index is 0.500. The van der Waals surface area contributed by atoms with E-state index in [9.17, 15) is 0 Å². The molecular weight excluding hydrogens is 282 g/mol. The van der Waals surface area contributed by atoms with Crippen molar-refractivity contribution in [3.63, 3.8) is 0 Å². The number of benzene rings is 2. The molecule has 0 spiro atoms. The third-order valence-electron chi connectivity index (χ3n) is 4.32. The summed E-state index contributed by atoms with van der Waals surface area (Å²) in [5.41, 5.74) is 3.49. The van der Waals surface area contributed by atoms with E-state index >= 15 is 0 Å². The topological polar surface area (TPSA) is 40.7 Å². The molecule has 2 aromatic carbocycles. The van der Waals surface area contributed by atoms with Crippen LogP contribution in [-0.2, 0) is 0 Å². The maximum absolute atomic E-state index is 6.27. The molecule has 0 radical (unpaired) electrons. The predicted octanol–water partition coefficient (Wildman–Crippen LogP) is 4.57. The smallest absolute Gasteiger partial charge is 0.0881 e. The Labute approximate surface area is 128 Å². The van der Waals surface area contributed by atoms with Crippen LogP contribution in [0.25, 0.3) is 10.9 Å². The summed E-state index contributed by atoms with van der Waals surface area (Å²) in [4.78, 5) is 0. The molecule has 0 atom stereocenters. The number of nitrogens with one attached hydrogen (secondary N) is 2. The van der Waals surface area contributed by atoms with Gasteiger partial charge in [-0.05, 0) is 36.5 Å². The van der Waals surface area contributed by atoms with Gasteiger partial charge in [0.05, 0.1) is 17.4 Å². The number of aromatic nitrogens is 2. The highest BCUT2D eigenvalue weighted by atomic mass is 35.5. The summed E-state index contributed by atoms with van der Waals surface area (Å²) in [6.45, 7) is 0. The molecule has 1 aliphatic rings. The van der Waals surface area contributed by atoms with Crippen LogP contribution >= 0.6 is 11.6 Å². The predicted molar refractivity (Wildman–Crippen MR) is 86.9 cm³/mol. The van der Waals surface area contributed by atoms with Crippen molar-refractivity contribution in [2.45, 2.75) is 24.8 Å². The number of aromatic amines is 1. The number of hydrogen-bond acceptors (Lipinski definition) is 2. The van der Waals surface area contributed by atoms with E-state index < -0.39 is 0 Å². The van der Waals surface area contributed by atoms with Crippen LogP contribution in [0.1, 0.15) is 24.3 Å². The van der Waals surface area contributed by atoms with Crippen LogP contribution in [0, 0.1) is 0 Å². The lowest BCUT2D eigenvalue weighted by Crippen LogP contribution is -2.34. The molecule has 0 saturated heterocycles. The maximum atomic E-state index is 6.27. The van der Waals surface area contributed by atoms with Gasteiger partial charge in [0.15, 0.2) is 0 Å². The van der Waals surface area contributed by atoms with E-state index in [2.05, 4.69) is 45.8 Å². The molecule has 0 bridgehead atoms. The summed E-state index contributed by atoms with van der Waals surface area (Å²) in [7, 11) is 0. The van der Waals surface area contributed by atoms with Gasteiger partial charge in [0.2, 0.25) is 0 Å². The summed E-state index contributed by atoms with van der Waals surface area (Å²) in [5.74, 6) is 0.567. The minimum absolute atomic E-state index is 0.500. The fourth-order valence-electron chi connectivity index (χ4n) is 3.10. The van der Waals surface area contributed by atoms with Gasteiger partial charge in [0.25, 0.3) is 0 Å². The lowest BCUT2D eigenvalue weighted by molar-refractivity contribution is 0.374. The van der Waals surface area contributed by atoms with Gasteiger partial charge in [-0.25, -0.2) is 0 Å². The molecule has 106 valence electrons. The van der Waals surface area contributed by atoms with Gasteiger partial charge >= 0.3 is 0 Å². The van der Waals surface area contributed by atoms with E-state index in [0.29, 0.717) is 12.0 Å². The Morgan fingerprint density at radius 3 is 2.81 bits per heavy atom. The molecule has 1 aliphatic carbocycles. The Morgan fingerprint density at radius 1 is 1.10 bits per heavy atom.